The van der Waals surface area contributed by atoms with Crippen molar-refractivity contribution in [3.63, 3.8) is 0 Å². The quantitative estimate of drug-likeness (QED) is 0.522. The standard InChI is InChI=1S/C20H18N4O4/c1-13(25)16-4-3-5-17(10-16)23-19(26)14(2)28-20(27)15-6-8-18(9-7-15)24-12-21-11-22-24/h3-12,14H,1-2H3,(H,23,26)/t14-/m0/s1. The van der Waals surface area contributed by atoms with Crippen molar-refractivity contribution < 1.29 is 19.1 Å². The number of ether oxygens (including phenoxy) is 1. The number of anilines is 1. The molecule has 0 unspecified atom stereocenters. The van der Waals surface area contributed by atoms with Crippen molar-refractivity contribution in [1.82, 2.24) is 14.8 Å². The highest BCUT2D eigenvalue weighted by Gasteiger charge is 2.19. The predicted molar refractivity (Wildman–Crippen MR) is 101 cm³/mol. The fourth-order valence-corrected chi connectivity index (χ4v) is 2.43. The van der Waals surface area contributed by atoms with E-state index in [0.29, 0.717) is 16.8 Å². The number of hydrogen-bond donors (Lipinski definition) is 1. The second-order valence-corrected chi connectivity index (χ2v) is 6.06. The largest absolute Gasteiger partial charge is 0.449 e. The van der Waals surface area contributed by atoms with Crippen molar-refractivity contribution in [2.75, 3.05) is 5.32 Å². The van der Waals surface area contributed by atoms with Gasteiger partial charge in [0.2, 0.25) is 0 Å². The SMILES string of the molecule is CC(=O)c1cccc(NC(=O)[C@H](C)OC(=O)c2ccc(-n3cncn3)cc2)c1. The lowest BCUT2D eigenvalue weighted by Gasteiger charge is -2.14. The van der Waals surface area contributed by atoms with Crippen molar-refractivity contribution in [3.8, 4) is 5.69 Å². The third-order valence-electron chi connectivity index (χ3n) is 3.98. The van der Waals surface area contributed by atoms with E-state index in [2.05, 4.69) is 15.4 Å². The molecule has 1 N–H and O–H groups in total. The average molecular weight is 378 g/mol. The summed E-state index contributed by atoms with van der Waals surface area (Å²) in [6.07, 6.45) is 1.94. The summed E-state index contributed by atoms with van der Waals surface area (Å²) in [5.74, 6) is -1.22. The summed E-state index contributed by atoms with van der Waals surface area (Å²) >= 11 is 0. The van der Waals surface area contributed by atoms with Crippen LogP contribution in [0, 0.1) is 0 Å². The first-order valence-corrected chi connectivity index (χ1v) is 8.52. The number of rotatable bonds is 6. The van der Waals surface area contributed by atoms with E-state index < -0.39 is 18.0 Å². The zero-order valence-corrected chi connectivity index (χ0v) is 15.3. The number of carbonyl (C=O) groups is 3. The Balaban J connectivity index is 1.61. The molecule has 0 aliphatic carbocycles. The van der Waals surface area contributed by atoms with Gasteiger partial charge < -0.3 is 10.1 Å². The van der Waals surface area contributed by atoms with Crippen LogP contribution in [0.1, 0.15) is 34.6 Å². The minimum absolute atomic E-state index is 0.107. The van der Waals surface area contributed by atoms with E-state index in [1.54, 1.807) is 59.5 Å². The van der Waals surface area contributed by atoms with Gasteiger partial charge in [0.05, 0.1) is 11.3 Å². The van der Waals surface area contributed by atoms with Gasteiger partial charge >= 0.3 is 5.97 Å². The number of amides is 1. The summed E-state index contributed by atoms with van der Waals surface area (Å²) in [4.78, 5) is 39.8. The Hall–Kier alpha value is -3.81. The number of carbonyl (C=O) groups excluding carboxylic acids is 3. The van der Waals surface area contributed by atoms with Crippen LogP contribution >= 0.6 is 0 Å². The number of benzene rings is 2. The first-order chi connectivity index (χ1) is 13.4. The Bertz CT molecular complexity index is 997. The molecule has 0 radical (unpaired) electrons. The van der Waals surface area contributed by atoms with Crippen molar-refractivity contribution in [2.24, 2.45) is 0 Å². The summed E-state index contributed by atoms with van der Waals surface area (Å²) in [5.41, 5.74) is 1.99. The minimum atomic E-state index is -1.01. The lowest BCUT2D eigenvalue weighted by molar-refractivity contribution is -0.123. The number of aromatic nitrogens is 3. The number of Topliss-reactive ketones (excluding diaryl/α,β-unsaturated/α-hetero) is 1. The molecule has 1 heterocycles. The molecular weight excluding hydrogens is 360 g/mol. The van der Waals surface area contributed by atoms with Crippen LogP contribution in [0.5, 0.6) is 0 Å². The van der Waals surface area contributed by atoms with E-state index in [4.69, 9.17) is 4.74 Å². The summed E-state index contributed by atoms with van der Waals surface area (Å²) in [6.45, 7) is 2.92. The van der Waals surface area contributed by atoms with Gasteiger partial charge in [-0.3, -0.25) is 9.59 Å². The van der Waals surface area contributed by atoms with Crippen LogP contribution in [0.25, 0.3) is 5.69 Å². The number of esters is 1. The fourth-order valence-electron chi connectivity index (χ4n) is 2.43. The Labute approximate surface area is 161 Å². The van der Waals surface area contributed by atoms with Crippen molar-refractivity contribution in [3.05, 3.63) is 72.3 Å². The van der Waals surface area contributed by atoms with Crippen LogP contribution in [0.3, 0.4) is 0 Å². The molecule has 8 heteroatoms. The highest BCUT2D eigenvalue weighted by Crippen LogP contribution is 2.13. The molecule has 28 heavy (non-hydrogen) atoms. The van der Waals surface area contributed by atoms with E-state index >= 15 is 0 Å². The highest BCUT2D eigenvalue weighted by atomic mass is 16.5. The maximum absolute atomic E-state index is 12.3. The molecule has 0 saturated heterocycles. The molecule has 0 fully saturated rings. The van der Waals surface area contributed by atoms with Crippen molar-refractivity contribution in [1.29, 1.82) is 0 Å². The van der Waals surface area contributed by atoms with E-state index in [9.17, 15) is 14.4 Å². The van der Waals surface area contributed by atoms with Gasteiger partial charge in [0.1, 0.15) is 12.7 Å². The lowest BCUT2D eigenvalue weighted by atomic mass is 10.1. The van der Waals surface area contributed by atoms with E-state index in [0.717, 1.165) is 5.69 Å². The van der Waals surface area contributed by atoms with Gasteiger partial charge in [-0.25, -0.2) is 14.5 Å². The van der Waals surface area contributed by atoms with Gasteiger partial charge in [0, 0.05) is 11.3 Å². The lowest BCUT2D eigenvalue weighted by Crippen LogP contribution is -2.30. The summed E-state index contributed by atoms with van der Waals surface area (Å²) < 4.78 is 6.78. The Morgan fingerprint density at radius 2 is 1.82 bits per heavy atom. The van der Waals surface area contributed by atoms with Crippen LogP contribution in [-0.4, -0.2) is 38.5 Å². The van der Waals surface area contributed by atoms with Crippen LogP contribution in [-0.2, 0) is 9.53 Å². The maximum Gasteiger partial charge on any atom is 0.338 e. The smallest absolute Gasteiger partial charge is 0.338 e. The fraction of sp³-hybridized carbons (Fsp3) is 0.150. The molecule has 0 saturated carbocycles. The van der Waals surface area contributed by atoms with E-state index in [1.807, 2.05) is 0 Å². The van der Waals surface area contributed by atoms with Crippen LogP contribution in [0.15, 0.2) is 61.2 Å². The minimum Gasteiger partial charge on any atom is -0.449 e. The molecular formula is C20H18N4O4. The van der Waals surface area contributed by atoms with E-state index in [-0.39, 0.29) is 5.78 Å². The van der Waals surface area contributed by atoms with Gasteiger partial charge in [0.25, 0.3) is 5.91 Å². The molecule has 0 aliphatic heterocycles. The Morgan fingerprint density at radius 1 is 1.07 bits per heavy atom. The molecule has 0 aliphatic rings. The van der Waals surface area contributed by atoms with Crippen LogP contribution < -0.4 is 5.32 Å². The Kier molecular flexibility index (Phi) is 5.59. The zero-order valence-electron chi connectivity index (χ0n) is 15.3. The molecule has 1 amide bonds. The van der Waals surface area contributed by atoms with Gasteiger partial charge in [-0.15, -0.1) is 0 Å². The number of nitrogens with one attached hydrogen (secondary N) is 1. The van der Waals surface area contributed by atoms with Gasteiger partial charge in [-0.2, -0.15) is 5.10 Å². The second kappa shape index (κ2) is 8.26. The summed E-state index contributed by atoms with van der Waals surface area (Å²) in [6, 6.07) is 13.1. The summed E-state index contributed by atoms with van der Waals surface area (Å²) in [5, 5.41) is 6.64. The molecule has 3 rings (SSSR count). The maximum atomic E-state index is 12.3. The first kappa shape index (κ1) is 19.0. The van der Waals surface area contributed by atoms with Gasteiger partial charge in [-0.05, 0) is 50.2 Å². The topological polar surface area (TPSA) is 103 Å². The molecule has 142 valence electrons. The molecule has 1 aromatic heterocycles. The second-order valence-electron chi connectivity index (χ2n) is 6.06. The predicted octanol–water partition coefficient (Wildman–Crippen LogP) is 2.65. The van der Waals surface area contributed by atoms with Crippen LogP contribution in [0.4, 0.5) is 5.69 Å². The zero-order chi connectivity index (χ0) is 20.1. The molecule has 2 aromatic carbocycles. The molecule has 3 aromatic rings. The molecule has 1 atom stereocenters. The highest BCUT2D eigenvalue weighted by molar-refractivity contribution is 5.99. The van der Waals surface area contributed by atoms with Crippen molar-refractivity contribution >= 4 is 23.3 Å². The molecule has 0 spiro atoms. The van der Waals surface area contributed by atoms with Gasteiger partial charge in [-0.1, -0.05) is 12.1 Å². The van der Waals surface area contributed by atoms with Gasteiger partial charge in [0.15, 0.2) is 11.9 Å². The average Bonchev–Trinajstić information content (AvgIpc) is 3.23. The van der Waals surface area contributed by atoms with E-state index in [1.165, 1.54) is 20.2 Å². The monoisotopic (exact) mass is 378 g/mol. The third kappa shape index (κ3) is 4.47. The number of hydrogen-bond acceptors (Lipinski definition) is 6. The Morgan fingerprint density at radius 3 is 2.46 bits per heavy atom. The first-order valence-electron chi connectivity index (χ1n) is 8.52. The molecule has 8 nitrogen and oxygen atoms in total. The van der Waals surface area contributed by atoms with Crippen molar-refractivity contribution in [2.45, 2.75) is 20.0 Å². The summed E-state index contributed by atoms with van der Waals surface area (Å²) in [7, 11) is 0. The molecule has 0 bridgehead atoms. The number of nitrogens with zero attached hydrogens (tertiary/aromatic N) is 3. The van der Waals surface area contributed by atoms with Crippen LogP contribution in [0.2, 0.25) is 0 Å². The third-order valence-corrected chi connectivity index (χ3v) is 3.98. The number of ketones is 1. The normalized spacial score (nSPS) is 11.5.